The molecule has 0 spiro atoms. The fourth-order valence-corrected chi connectivity index (χ4v) is 15.3. The number of carbonyl (C=O) groups is 1. The maximum Gasteiger partial charge on any atom is 0.315 e. The van der Waals surface area contributed by atoms with Gasteiger partial charge < -0.3 is 14.8 Å². The van der Waals surface area contributed by atoms with E-state index in [4.69, 9.17) is 9.47 Å². The summed E-state index contributed by atoms with van der Waals surface area (Å²) in [6.45, 7) is 25.7. The molecule has 8 rings (SSSR count). The van der Waals surface area contributed by atoms with Crippen molar-refractivity contribution in [2.24, 2.45) is 56.7 Å². The van der Waals surface area contributed by atoms with Crippen LogP contribution in [-0.2, 0) is 20.9 Å². The molecule has 0 unspecified atom stereocenters. The third-order valence-corrected chi connectivity index (χ3v) is 18.5. The molecule has 310 valence electrons. The second-order valence-corrected chi connectivity index (χ2v) is 21.2. The molecular weight excluding hydrogens is 696 g/mol. The van der Waals surface area contributed by atoms with Crippen molar-refractivity contribution in [1.82, 2.24) is 10.2 Å². The Hall–Kier alpha value is -2.28. The van der Waals surface area contributed by atoms with Gasteiger partial charge in [0.25, 0.3) is 0 Å². The van der Waals surface area contributed by atoms with Gasteiger partial charge in [0.2, 0.25) is 0 Å². The second kappa shape index (κ2) is 15.1. The monoisotopic (exact) mass is 771 g/mol. The molecule has 1 saturated heterocycles. The van der Waals surface area contributed by atoms with Crippen LogP contribution in [0.25, 0.3) is 0 Å². The Labute approximate surface area is 340 Å². The van der Waals surface area contributed by atoms with Gasteiger partial charge in [-0.3, -0.25) is 9.69 Å². The van der Waals surface area contributed by atoms with Gasteiger partial charge in [-0.1, -0.05) is 89.3 Å². The third-order valence-electron chi connectivity index (χ3n) is 18.5. The van der Waals surface area contributed by atoms with Crippen molar-refractivity contribution < 1.29 is 20.1 Å². The Balaban J connectivity index is 0.00000496. The van der Waals surface area contributed by atoms with Gasteiger partial charge in [0.05, 0.1) is 18.6 Å². The number of halogens is 1. The predicted molar refractivity (Wildman–Crippen MR) is 227 cm³/mol. The van der Waals surface area contributed by atoms with Crippen LogP contribution in [0.3, 0.4) is 0 Å². The molecule has 1 aromatic carbocycles. The van der Waals surface area contributed by atoms with Gasteiger partial charge >= 0.3 is 5.97 Å². The number of morpholine rings is 1. The number of alkyl halides is 1. The highest BCUT2D eigenvalue weighted by Gasteiger charge is 2.70. The van der Waals surface area contributed by atoms with Crippen LogP contribution in [0.4, 0.5) is 4.39 Å². The molecule has 10 atom stereocenters. The zero-order chi connectivity index (χ0) is 39.6. The zero-order valence-corrected chi connectivity index (χ0v) is 35.8. The van der Waals surface area contributed by atoms with Gasteiger partial charge in [0.15, 0.2) is 0 Å². The van der Waals surface area contributed by atoms with E-state index in [1.165, 1.54) is 68.1 Å². The predicted octanol–water partition coefficient (Wildman–Crippen LogP) is 10.9. The molecule has 5 nitrogen and oxygen atoms in total. The van der Waals surface area contributed by atoms with E-state index in [1.807, 2.05) is 30.3 Å². The van der Waals surface area contributed by atoms with Crippen molar-refractivity contribution in [3.8, 4) is 0 Å². The van der Waals surface area contributed by atoms with E-state index in [0.717, 1.165) is 63.7 Å². The van der Waals surface area contributed by atoms with Gasteiger partial charge in [-0.2, -0.15) is 0 Å². The number of nitrogens with one attached hydrogen (secondary N) is 1. The Morgan fingerprint density at radius 1 is 0.929 bits per heavy atom. The van der Waals surface area contributed by atoms with Crippen molar-refractivity contribution in [2.45, 2.75) is 131 Å². The highest BCUT2D eigenvalue weighted by molar-refractivity contribution is 5.78. The molecular formula is C50H75FN2O3. The second-order valence-electron chi connectivity index (χ2n) is 21.2. The van der Waals surface area contributed by atoms with Crippen LogP contribution >= 0.6 is 0 Å². The smallest absolute Gasteiger partial charge is 0.315 e. The van der Waals surface area contributed by atoms with Gasteiger partial charge in [-0.25, -0.2) is 4.39 Å². The molecule has 7 aliphatic rings. The molecule has 1 heterocycles. The summed E-state index contributed by atoms with van der Waals surface area (Å²) in [4.78, 5) is 16.0. The summed E-state index contributed by atoms with van der Waals surface area (Å²) in [6, 6.07) is 9.72. The summed E-state index contributed by atoms with van der Waals surface area (Å²) in [5, 5.41) is 4.31. The minimum Gasteiger partial charge on any atom is -0.460 e. The number of hydrogen-bond donors (Lipinski definition) is 1. The molecule has 56 heavy (non-hydrogen) atoms. The lowest BCUT2D eigenvalue weighted by Gasteiger charge is -2.72. The van der Waals surface area contributed by atoms with E-state index in [9.17, 15) is 9.18 Å². The number of allylic oxidation sites excluding steroid dienone is 5. The number of fused-ring (bicyclic) bond motifs is 7. The zero-order valence-electron chi connectivity index (χ0n) is 35.8. The summed E-state index contributed by atoms with van der Waals surface area (Å²) < 4.78 is 26.1. The summed E-state index contributed by atoms with van der Waals surface area (Å²) in [5.74, 6) is 2.91. The van der Waals surface area contributed by atoms with Crippen LogP contribution in [0.2, 0.25) is 0 Å². The lowest BCUT2D eigenvalue weighted by atomic mass is 9.33. The Morgan fingerprint density at radius 3 is 2.39 bits per heavy atom. The fraction of sp³-hybridized carbons (Fsp3) is 0.740. The first-order chi connectivity index (χ1) is 26.7. The van der Waals surface area contributed by atoms with E-state index in [-0.39, 0.29) is 24.4 Å². The Morgan fingerprint density at radius 2 is 1.70 bits per heavy atom. The molecule has 1 aliphatic heterocycles. The fourth-order valence-electron chi connectivity index (χ4n) is 15.3. The average Bonchev–Trinajstić information content (AvgIpc) is 3.58. The van der Waals surface area contributed by atoms with Crippen molar-refractivity contribution >= 4 is 5.97 Å². The average molecular weight is 771 g/mol. The van der Waals surface area contributed by atoms with Crippen LogP contribution in [0.1, 0.15) is 126 Å². The number of benzene rings is 1. The number of nitrogens with zero attached hydrogens (tertiary/aromatic N) is 1. The highest BCUT2D eigenvalue weighted by atomic mass is 19.1. The van der Waals surface area contributed by atoms with Crippen molar-refractivity contribution in [1.29, 1.82) is 0 Å². The first-order valence-corrected chi connectivity index (χ1v) is 22.6. The van der Waals surface area contributed by atoms with Crippen LogP contribution in [-0.4, -0.2) is 62.5 Å². The standard InChI is InChI=1S/C50H73FN2O3.H2/c1-35(2)38-17-24-50(52-27-28-53-29-31-55-32-30-53)26-25-47(6)40(43(38)50)13-14-42-46(5)20-18-39(45(3,4)41(46)19-21-48(42,47)7)37-15-22-49(34-51,23-16-37)44(54)56-33-36-11-9-8-10-12-36;/h8-12,15,18,38,40-43,52H,1,13-14,16-17,19-34H2,2-7H3;1H/t38-,40+,41-,42+,43+,46-,47+,48+,49-,50-;/m0./s1. The first kappa shape index (κ1) is 40.5. The molecule has 6 aliphatic carbocycles. The Kier molecular flexibility index (Phi) is 10.9. The van der Waals surface area contributed by atoms with Crippen molar-refractivity contribution in [2.75, 3.05) is 46.1 Å². The molecule has 1 aromatic rings. The quantitative estimate of drug-likeness (QED) is 0.190. The highest BCUT2D eigenvalue weighted by Crippen LogP contribution is 2.76. The molecule has 5 fully saturated rings. The van der Waals surface area contributed by atoms with Crippen LogP contribution in [0.5, 0.6) is 0 Å². The number of rotatable bonds is 10. The van der Waals surface area contributed by atoms with E-state index < -0.39 is 18.1 Å². The number of ether oxygens (including phenoxy) is 2. The third kappa shape index (κ3) is 6.44. The lowest BCUT2D eigenvalue weighted by molar-refractivity contribution is -0.221. The van der Waals surface area contributed by atoms with Crippen LogP contribution in [0, 0.1) is 56.7 Å². The topological polar surface area (TPSA) is 50.8 Å². The normalized spacial score (nSPS) is 41.9. The first-order valence-electron chi connectivity index (χ1n) is 22.6. The molecule has 4 saturated carbocycles. The van der Waals surface area contributed by atoms with Crippen molar-refractivity contribution in [3.05, 3.63) is 71.3 Å². The maximum absolute atomic E-state index is 14.8. The van der Waals surface area contributed by atoms with E-state index in [0.29, 0.717) is 47.3 Å². The molecule has 0 bridgehead atoms. The number of hydrogen-bond acceptors (Lipinski definition) is 5. The van der Waals surface area contributed by atoms with Crippen LogP contribution in [0.15, 0.2) is 65.8 Å². The molecule has 0 radical (unpaired) electrons. The van der Waals surface area contributed by atoms with E-state index >= 15 is 0 Å². The summed E-state index contributed by atoms with van der Waals surface area (Å²) in [6.07, 6.45) is 18.1. The van der Waals surface area contributed by atoms with Gasteiger partial charge in [0.1, 0.15) is 13.3 Å². The summed E-state index contributed by atoms with van der Waals surface area (Å²) in [7, 11) is 0. The van der Waals surface area contributed by atoms with Crippen LogP contribution < -0.4 is 5.32 Å². The van der Waals surface area contributed by atoms with Gasteiger partial charge in [0, 0.05) is 33.1 Å². The van der Waals surface area contributed by atoms with E-state index in [2.05, 4.69) is 70.5 Å². The maximum atomic E-state index is 14.8. The lowest BCUT2D eigenvalue weighted by Crippen LogP contribution is -2.68. The molecule has 1 N–H and O–H groups in total. The minimum atomic E-state index is -1.08. The van der Waals surface area contributed by atoms with Gasteiger partial charge in [-0.05, 0) is 152 Å². The van der Waals surface area contributed by atoms with E-state index in [1.54, 1.807) is 0 Å². The molecule has 6 heteroatoms. The SMILES string of the molecule is C=C(C)[C@@H]1CC[C@]2(NCCN3CCOCC3)CC[C@]3(C)[C@H](CC[C@@H]4[C@@]5(C)CC=C(C6=CC[C@](CF)(C(=O)OCc7ccccc7)CC6)C(C)(C)[C@@H]5CC[C@]43C)[C@@H]12.[HH]. The number of esters is 1. The van der Waals surface area contributed by atoms with Gasteiger partial charge in [-0.15, -0.1) is 0 Å². The summed E-state index contributed by atoms with van der Waals surface area (Å²) >= 11 is 0. The largest absolute Gasteiger partial charge is 0.460 e. The Bertz CT molecular complexity index is 1710. The summed E-state index contributed by atoms with van der Waals surface area (Å²) in [5.41, 5.74) is 5.19. The van der Waals surface area contributed by atoms with Crippen molar-refractivity contribution in [3.63, 3.8) is 0 Å². The molecule has 0 amide bonds. The minimum absolute atomic E-state index is 0. The molecule has 0 aromatic heterocycles. The number of carbonyl (C=O) groups excluding carboxylic acids is 1.